The SMILES string of the molecule is O=C(OCC12CC3CC(CC(C3)C1)C2)c1ccc(F)c(F)c1F. The van der Waals surface area contributed by atoms with Crippen molar-refractivity contribution < 1.29 is 22.7 Å². The molecular formula is C18H19F3O2. The number of halogens is 3. The molecule has 0 N–H and O–H groups in total. The number of hydrogen-bond acceptors (Lipinski definition) is 2. The number of carbonyl (C=O) groups excluding carboxylic acids is 1. The molecule has 0 atom stereocenters. The van der Waals surface area contributed by atoms with Crippen LogP contribution in [0.2, 0.25) is 0 Å². The van der Waals surface area contributed by atoms with Gasteiger partial charge in [0.1, 0.15) is 0 Å². The second-order valence-electron chi connectivity index (χ2n) is 7.72. The molecule has 1 aromatic rings. The molecule has 1 aromatic carbocycles. The van der Waals surface area contributed by atoms with Crippen LogP contribution in [-0.2, 0) is 4.74 Å². The van der Waals surface area contributed by atoms with Crippen LogP contribution in [0.1, 0.15) is 48.9 Å². The number of esters is 1. The molecule has 0 radical (unpaired) electrons. The van der Waals surface area contributed by atoms with E-state index in [0.29, 0.717) is 0 Å². The van der Waals surface area contributed by atoms with Crippen LogP contribution < -0.4 is 0 Å². The third kappa shape index (κ3) is 2.54. The number of rotatable bonds is 3. The summed E-state index contributed by atoms with van der Waals surface area (Å²) in [6.45, 7) is 0.258. The first-order valence-electron chi connectivity index (χ1n) is 8.26. The molecule has 4 aliphatic rings. The van der Waals surface area contributed by atoms with Crippen molar-refractivity contribution >= 4 is 5.97 Å². The van der Waals surface area contributed by atoms with Crippen LogP contribution in [-0.4, -0.2) is 12.6 Å². The lowest BCUT2D eigenvalue weighted by Gasteiger charge is -2.56. The van der Waals surface area contributed by atoms with Crippen molar-refractivity contribution in [1.82, 2.24) is 0 Å². The predicted molar refractivity (Wildman–Crippen MR) is 77.2 cm³/mol. The molecule has 5 rings (SSSR count). The van der Waals surface area contributed by atoms with Gasteiger partial charge < -0.3 is 4.74 Å². The summed E-state index contributed by atoms with van der Waals surface area (Å²) in [6, 6.07) is 1.69. The summed E-state index contributed by atoms with van der Waals surface area (Å²) in [4.78, 5) is 12.1. The number of benzene rings is 1. The van der Waals surface area contributed by atoms with Crippen LogP contribution in [0, 0.1) is 40.6 Å². The van der Waals surface area contributed by atoms with Gasteiger partial charge in [-0.05, 0) is 68.4 Å². The monoisotopic (exact) mass is 324 g/mol. The summed E-state index contributed by atoms with van der Waals surface area (Å²) >= 11 is 0. The fourth-order valence-corrected chi connectivity index (χ4v) is 5.45. The molecule has 4 aliphatic carbocycles. The van der Waals surface area contributed by atoms with Gasteiger partial charge >= 0.3 is 5.97 Å². The predicted octanol–water partition coefficient (Wildman–Crippen LogP) is 4.48. The lowest BCUT2D eigenvalue weighted by atomic mass is 9.50. The highest BCUT2D eigenvalue weighted by atomic mass is 19.2. The van der Waals surface area contributed by atoms with E-state index < -0.39 is 29.0 Å². The third-order valence-corrected chi connectivity index (χ3v) is 5.93. The maximum Gasteiger partial charge on any atom is 0.341 e. The maximum absolute atomic E-state index is 13.7. The first-order chi connectivity index (χ1) is 11.0. The zero-order valence-electron chi connectivity index (χ0n) is 12.8. The van der Waals surface area contributed by atoms with Gasteiger partial charge in [-0.1, -0.05) is 0 Å². The minimum absolute atomic E-state index is 0.0134. The van der Waals surface area contributed by atoms with Gasteiger partial charge in [-0.2, -0.15) is 0 Å². The molecule has 124 valence electrons. The Kier molecular flexibility index (Phi) is 3.43. The Morgan fingerprint density at radius 2 is 1.57 bits per heavy atom. The van der Waals surface area contributed by atoms with Crippen molar-refractivity contribution in [3.8, 4) is 0 Å². The van der Waals surface area contributed by atoms with Gasteiger partial charge in [0.25, 0.3) is 0 Å². The Hall–Kier alpha value is -1.52. The van der Waals surface area contributed by atoms with E-state index in [9.17, 15) is 18.0 Å². The maximum atomic E-state index is 13.7. The average molecular weight is 324 g/mol. The Bertz CT molecular complexity index is 621. The first-order valence-corrected chi connectivity index (χ1v) is 8.26. The number of carbonyl (C=O) groups is 1. The molecule has 0 amide bonds. The highest BCUT2D eigenvalue weighted by molar-refractivity contribution is 5.89. The molecule has 0 aromatic heterocycles. The van der Waals surface area contributed by atoms with Crippen molar-refractivity contribution in [1.29, 1.82) is 0 Å². The average Bonchev–Trinajstić information content (AvgIpc) is 2.49. The molecule has 4 bridgehead atoms. The summed E-state index contributed by atoms with van der Waals surface area (Å²) in [7, 11) is 0. The summed E-state index contributed by atoms with van der Waals surface area (Å²) in [5.74, 6) is -3.15. The van der Waals surface area contributed by atoms with Crippen molar-refractivity contribution in [2.75, 3.05) is 6.61 Å². The lowest BCUT2D eigenvalue weighted by Crippen LogP contribution is -2.48. The zero-order valence-corrected chi connectivity index (χ0v) is 12.8. The summed E-state index contributed by atoms with van der Waals surface area (Å²) in [5.41, 5.74) is -0.520. The van der Waals surface area contributed by atoms with Crippen LogP contribution in [0.15, 0.2) is 12.1 Å². The van der Waals surface area contributed by atoms with Gasteiger partial charge in [-0.15, -0.1) is 0 Å². The van der Waals surface area contributed by atoms with E-state index >= 15 is 0 Å². The largest absolute Gasteiger partial charge is 0.461 e. The zero-order chi connectivity index (χ0) is 16.2. The highest BCUT2D eigenvalue weighted by Crippen LogP contribution is 2.60. The molecule has 23 heavy (non-hydrogen) atoms. The van der Waals surface area contributed by atoms with Crippen molar-refractivity contribution in [3.05, 3.63) is 35.1 Å². The van der Waals surface area contributed by atoms with Crippen LogP contribution >= 0.6 is 0 Å². The minimum Gasteiger partial charge on any atom is -0.461 e. The van der Waals surface area contributed by atoms with Crippen molar-refractivity contribution in [2.45, 2.75) is 38.5 Å². The van der Waals surface area contributed by atoms with E-state index in [4.69, 9.17) is 4.74 Å². The molecule has 0 heterocycles. The van der Waals surface area contributed by atoms with Crippen molar-refractivity contribution in [3.63, 3.8) is 0 Å². The fraction of sp³-hybridized carbons (Fsp3) is 0.611. The van der Waals surface area contributed by atoms with E-state index in [2.05, 4.69) is 0 Å². The molecule has 0 saturated heterocycles. The van der Waals surface area contributed by atoms with Gasteiger partial charge in [0.15, 0.2) is 17.5 Å². The fourth-order valence-electron chi connectivity index (χ4n) is 5.45. The number of ether oxygens (including phenoxy) is 1. The Morgan fingerprint density at radius 3 is 2.13 bits per heavy atom. The molecule has 4 saturated carbocycles. The van der Waals surface area contributed by atoms with Crippen LogP contribution in [0.4, 0.5) is 13.2 Å². The Balaban J connectivity index is 1.47. The van der Waals surface area contributed by atoms with E-state index in [1.165, 1.54) is 19.3 Å². The van der Waals surface area contributed by atoms with Gasteiger partial charge in [-0.3, -0.25) is 0 Å². The van der Waals surface area contributed by atoms with Gasteiger partial charge in [0.2, 0.25) is 0 Å². The smallest absolute Gasteiger partial charge is 0.341 e. The minimum atomic E-state index is -1.63. The van der Waals surface area contributed by atoms with E-state index in [-0.39, 0.29) is 12.0 Å². The standard InChI is InChI=1S/C18H19F3O2/c19-14-2-1-13(15(20)16(14)21)17(22)23-9-18-6-10-3-11(7-18)5-12(4-10)8-18/h1-2,10-12H,3-9H2. The third-order valence-electron chi connectivity index (χ3n) is 5.93. The molecule has 2 nitrogen and oxygen atoms in total. The normalized spacial score (nSPS) is 34.7. The molecule has 5 heteroatoms. The summed E-state index contributed by atoms with van der Waals surface area (Å²) in [5, 5.41) is 0. The summed E-state index contributed by atoms with van der Waals surface area (Å²) < 4.78 is 45.2. The molecule has 4 fully saturated rings. The molecule has 0 spiro atoms. The van der Waals surface area contributed by atoms with Gasteiger partial charge in [0.05, 0.1) is 12.2 Å². The Morgan fingerprint density at radius 1 is 1.00 bits per heavy atom. The summed E-state index contributed by atoms with van der Waals surface area (Å²) in [6.07, 6.45) is 7.03. The van der Waals surface area contributed by atoms with Gasteiger partial charge in [0, 0.05) is 5.41 Å². The molecule has 0 aliphatic heterocycles. The van der Waals surface area contributed by atoms with Crippen LogP contribution in [0.25, 0.3) is 0 Å². The second-order valence-corrected chi connectivity index (χ2v) is 7.72. The van der Waals surface area contributed by atoms with Crippen LogP contribution in [0.3, 0.4) is 0 Å². The topological polar surface area (TPSA) is 26.3 Å². The highest BCUT2D eigenvalue weighted by Gasteiger charge is 2.51. The van der Waals surface area contributed by atoms with E-state index in [0.717, 1.165) is 49.1 Å². The second kappa shape index (κ2) is 5.25. The lowest BCUT2D eigenvalue weighted by molar-refractivity contribution is -0.0849. The number of hydrogen-bond donors (Lipinski definition) is 0. The quantitative estimate of drug-likeness (QED) is 0.605. The Labute approximate surface area is 133 Å². The molecular weight excluding hydrogens is 305 g/mol. The van der Waals surface area contributed by atoms with Crippen molar-refractivity contribution in [2.24, 2.45) is 23.2 Å². The van der Waals surface area contributed by atoms with E-state index in [1.807, 2.05) is 0 Å². The van der Waals surface area contributed by atoms with Crippen LogP contribution in [0.5, 0.6) is 0 Å². The molecule has 0 unspecified atom stereocenters. The first kappa shape index (κ1) is 15.0. The van der Waals surface area contributed by atoms with Gasteiger partial charge in [-0.25, -0.2) is 18.0 Å². The van der Waals surface area contributed by atoms with E-state index in [1.54, 1.807) is 0 Å².